The summed E-state index contributed by atoms with van der Waals surface area (Å²) in [6.07, 6.45) is 3.55. The summed E-state index contributed by atoms with van der Waals surface area (Å²) in [5, 5.41) is 2.22. The van der Waals surface area contributed by atoms with Crippen LogP contribution in [-0.4, -0.2) is 34.7 Å². The number of nitrogens with one attached hydrogen (secondary N) is 1. The molecule has 2 heterocycles. The average molecular weight is 234 g/mol. The molecule has 2 fully saturated rings. The van der Waals surface area contributed by atoms with Gasteiger partial charge in [0, 0.05) is 6.54 Å². The Kier molecular flexibility index (Phi) is 2.61. The Morgan fingerprint density at radius 2 is 2.06 bits per heavy atom. The largest absolute Gasteiger partial charge is 0.324 e. The van der Waals surface area contributed by atoms with Gasteiger partial charge in [-0.25, -0.2) is 0 Å². The van der Waals surface area contributed by atoms with Crippen molar-refractivity contribution in [1.29, 1.82) is 0 Å². The molecule has 0 radical (unpaired) electrons. The van der Waals surface area contributed by atoms with Gasteiger partial charge in [0.15, 0.2) is 0 Å². The molecule has 1 N–H and O–H groups in total. The van der Waals surface area contributed by atoms with Crippen LogP contribution in [0.15, 0.2) is 25.3 Å². The molecule has 2 aliphatic rings. The highest BCUT2D eigenvalue weighted by Gasteiger charge is 2.53. The van der Waals surface area contributed by atoms with E-state index in [1.165, 1.54) is 11.0 Å². The van der Waals surface area contributed by atoms with Gasteiger partial charge in [0.25, 0.3) is 5.91 Å². The Hall–Kier alpha value is -1.91. The second-order valence-electron chi connectivity index (χ2n) is 4.30. The Bertz CT molecular complexity index is 429. The quantitative estimate of drug-likeness (QED) is 0.552. The lowest BCUT2D eigenvalue weighted by Gasteiger charge is -2.32. The highest BCUT2D eigenvalue weighted by Crippen LogP contribution is 2.33. The van der Waals surface area contributed by atoms with Crippen molar-refractivity contribution >= 4 is 17.7 Å². The number of nitrogens with zero attached hydrogens (tertiary/aromatic N) is 1. The standard InChI is InChI=1S/C12H14N2O3/c1-3-8-5-6-14(10(8)16)12(4-2)7-9(15)13-11(12)17/h3-4,8H,1-2,5-7H2,(H,13,15,17). The summed E-state index contributed by atoms with van der Waals surface area (Å²) in [4.78, 5) is 36.6. The lowest BCUT2D eigenvalue weighted by Crippen LogP contribution is -2.53. The van der Waals surface area contributed by atoms with E-state index in [0.29, 0.717) is 13.0 Å². The lowest BCUT2D eigenvalue weighted by molar-refractivity contribution is -0.140. The fourth-order valence-electron chi connectivity index (χ4n) is 2.41. The molecule has 0 aliphatic carbocycles. The van der Waals surface area contributed by atoms with Crippen LogP contribution in [0.25, 0.3) is 0 Å². The van der Waals surface area contributed by atoms with Crippen LogP contribution in [0.5, 0.6) is 0 Å². The zero-order valence-corrected chi connectivity index (χ0v) is 9.44. The highest BCUT2D eigenvalue weighted by molar-refractivity contribution is 6.11. The predicted molar refractivity (Wildman–Crippen MR) is 60.7 cm³/mol. The molecule has 2 unspecified atom stereocenters. The predicted octanol–water partition coefficient (Wildman–Crippen LogP) is -0.00780. The Morgan fingerprint density at radius 1 is 1.35 bits per heavy atom. The van der Waals surface area contributed by atoms with E-state index in [0.717, 1.165) is 0 Å². The molecule has 0 saturated carbocycles. The first-order chi connectivity index (χ1) is 8.05. The van der Waals surface area contributed by atoms with Crippen LogP contribution >= 0.6 is 0 Å². The minimum atomic E-state index is -1.20. The number of amides is 3. The molecule has 0 aromatic rings. The molecule has 3 amide bonds. The molecular weight excluding hydrogens is 220 g/mol. The zero-order chi connectivity index (χ0) is 12.6. The van der Waals surface area contributed by atoms with Gasteiger partial charge in [-0.3, -0.25) is 19.7 Å². The van der Waals surface area contributed by atoms with Gasteiger partial charge in [-0.2, -0.15) is 0 Å². The maximum absolute atomic E-state index is 12.1. The van der Waals surface area contributed by atoms with Gasteiger partial charge in [0.05, 0.1) is 12.3 Å². The highest BCUT2D eigenvalue weighted by atomic mass is 16.2. The Morgan fingerprint density at radius 3 is 2.47 bits per heavy atom. The topological polar surface area (TPSA) is 66.5 Å². The number of carbonyl (C=O) groups excluding carboxylic acids is 3. The first-order valence-electron chi connectivity index (χ1n) is 5.47. The van der Waals surface area contributed by atoms with Crippen molar-refractivity contribution in [2.75, 3.05) is 6.54 Å². The van der Waals surface area contributed by atoms with Crippen LogP contribution in [0.4, 0.5) is 0 Å². The van der Waals surface area contributed by atoms with Gasteiger partial charge in [0.1, 0.15) is 5.54 Å². The third-order valence-electron chi connectivity index (χ3n) is 3.43. The molecule has 5 heteroatoms. The van der Waals surface area contributed by atoms with Crippen LogP contribution in [0.2, 0.25) is 0 Å². The summed E-state index contributed by atoms with van der Waals surface area (Å²) in [5.74, 6) is -1.26. The summed E-state index contributed by atoms with van der Waals surface area (Å²) in [7, 11) is 0. The van der Waals surface area contributed by atoms with E-state index in [9.17, 15) is 14.4 Å². The second-order valence-corrected chi connectivity index (χ2v) is 4.30. The summed E-state index contributed by atoms with van der Waals surface area (Å²) < 4.78 is 0. The molecule has 0 spiro atoms. The Balaban J connectivity index is 2.35. The monoisotopic (exact) mass is 234 g/mol. The van der Waals surface area contributed by atoms with Gasteiger partial charge in [0.2, 0.25) is 11.8 Å². The van der Waals surface area contributed by atoms with Crippen LogP contribution < -0.4 is 5.32 Å². The summed E-state index contributed by atoms with van der Waals surface area (Å²) in [5.41, 5.74) is -1.20. The van der Waals surface area contributed by atoms with Crippen LogP contribution in [0.1, 0.15) is 12.8 Å². The van der Waals surface area contributed by atoms with Crippen molar-refractivity contribution < 1.29 is 14.4 Å². The molecule has 2 aliphatic heterocycles. The molecule has 0 bridgehead atoms. The molecule has 2 saturated heterocycles. The van der Waals surface area contributed by atoms with Crippen LogP contribution in [0, 0.1) is 5.92 Å². The third kappa shape index (κ3) is 1.50. The van der Waals surface area contributed by atoms with Crippen LogP contribution in [0.3, 0.4) is 0 Å². The first kappa shape index (κ1) is 11.6. The maximum Gasteiger partial charge on any atom is 0.257 e. The lowest BCUT2D eigenvalue weighted by atomic mass is 9.95. The van der Waals surface area contributed by atoms with Crippen molar-refractivity contribution in [3.63, 3.8) is 0 Å². The van der Waals surface area contributed by atoms with Crippen molar-refractivity contribution in [1.82, 2.24) is 10.2 Å². The number of rotatable bonds is 3. The molecular formula is C12H14N2O3. The number of likely N-dealkylation sites (tertiary alicyclic amines) is 1. The van der Waals surface area contributed by atoms with Gasteiger partial charge in [-0.1, -0.05) is 12.2 Å². The van der Waals surface area contributed by atoms with Gasteiger partial charge in [-0.15, -0.1) is 13.2 Å². The molecule has 0 aromatic heterocycles. The summed E-state index contributed by atoms with van der Waals surface area (Å²) in [6, 6.07) is 0. The minimum absolute atomic E-state index is 0.0368. The SMILES string of the molecule is C=CC1CCN(C2(C=C)CC(=O)NC2=O)C1=O. The van der Waals surface area contributed by atoms with Crippen molar-refractivity contribution in [2.24, 2.45) is 5.92 Å². The molecule has 0 aromatic carbocycles. The normalized spacial score (nSPS) is 32.8. The fraction of sp³-hybridized carbons (Fsp3) is 0.417. The van der Waals surface area contributed by atoms with E-state index < -0.39 is 11.4 Å². The van der Waals surface area contributed by atoms with Crippen LogP contribution in [-0.2, 0) is 14.4 Å². The second kappa shape index (κ2) is 3.84. The van der Waals surface area contributed by atoms with E-state index >= 15 is 0 Å². The minimum Gasteiger partial charge on any atom is -0.324 e. The van der Waals surface area contributed by atoms with Crippen molar-refractivity contribution in [3.05, 3.63) is 25.3 Å². The fourth-order valence-corrected chi connectivity index (χ4v) is 2.41. The smallest absolute Gasteiger partial charge is 0.257 e. The van der Waals surface area contributed by atoms with Crippen molar-refractivity contribution in [2.45, 2.75) is 18.4 Å². The van der Waals surface area contributed by atoms with E-state index in [-0.39, 0.29) is 24.2 Å². The third-order valence-corrected chi connectivity index (χ3v) is 3.43. The van der Waals surface area contributed by atoms with E-state index in [1.54, 1.807) is 6.08 Å². The molecule has 5 nitrogen and oxygen atoms in total. The van der Waals surface area contributed by atoms with E-state index in [1.807, 2.05) is 0 Å². The Labute approximate surface area is 99.2 Å². The summed E-state index contributed by atoms with van der Waals surface area (Å²) in [6.45, 7) is 7.64. The van der Waals surface area contributed by atoms with Crippen molar-refractivity contribution in [3.8, 4) is 0 Å². The number of hydrogen-bond acceptors (Lipinski definition) is 3. The molecule has 2 rings (SSSR count). The molecule has 2 atom stereocenters. The van der Waals surface area contributed by atoms with Gasteiger partial charge >= 0.3 is 0 Å². The van der Waals surface area contributed by atoms with E-state index in [4.69, 9.17) is 0 Å². The number of carbonyl (C=O) groups is 3. The first-order valence-corrected chi connectivity index (χ1v) is 5.47. The summed E-state index contributed by atoms with van der Waals surface area (Å²) >= 11 is 0. The van der Waals surface area contributed by atoms with Gasteiger partial charge in [-0.05, 0) is 6.42 Å². The number of hydrogen-bond donors (Lipinski definition) is 1. The van der Waals surface area contributed by atoms with Gasteiger partial charge < -0.3 is 4.90 Å². The maximum atomic E-state index is 12.1. The zero-order valence-electron chi connectivity index (χ0n) is 9.44. The number of imide groups is 1. The van der Waals surface area contributed by atoms with E-state index in [2.05, 4.69) is 18.5 Å². The molecule has 17 heavy (non-hydrogen) atoms. The molecule has 90 valence electrons. The average Bonchev–Trinajstić information content (AvgIpc) is 2.80.